The van der Waals surface area contributed by atoms with Crippen LogP contribution in [0.5, 0.6) is 0 Å². The van der Waals surface area contributed by atoms with Gasteiger partial charge in [-0.05, 0) is 54.5 Å². The summed E-state index contributed by atoms with van der Waals surface area (Å²) in [6, 6.07) is 7.54. The molecule has 2 N–H and O–H groups in total. The summed E-state index contributed by atoms with van der Waals surface area (Å²) in [7, 11) is 0. The number of hydrogen-bond acceptors (Lipinski definition) is 3. The van der Waals surface area contributed by atoms with Crippen molar-refractivity contribution in [3.8, 4) is 0 Å². The Morgan fingerprint density at radius 1 is 1.29 bits per heavy atom. The van der Waals surface area contributed by atoms with E-state index in [2.05, 4.69) is 48.5 Å². The molecule has 28 heavy (non-hydrogen) atoms. The molecule has 3 aromatic rings. The van der Waals surface area contributed by atoms with Crippen LogP contribution in [0.15, 0.2) is 47.3 Å². The third-order valence-electron chi connectivity index (χ3n) is 5.39. The minimum absolute atomic E-state index is 0.0819. The fraction of sp³-hybridized carbons (Fsp3) is 0.286. The Morgan fingerprint density at radius 2 is 2.18 bits per heavy atom. The zero-order valence-corrected chi connectivity index (χ0v) is 16.9. The van der Waals surface area contributed by atoms with Gasteiger partial charge in [-0.1, -0.05) is 28.1 Å². The van der Waals surface area contributed by atoms with Crippen molar-refractivity contribution in [1.29, 1.82) is 0 Å². The van der Waals surface area contributed by atoms with E-state index in [1.165, 1.54) is 24.0 Å². The molecule has 0 spiro atoms. The molecule has 6 nitrogen and oxygen atoms in total. The Balaban J connectivity index is 1.35. The first kappa shape index (κ1) is 17.4. The van der Waals surface area contributed by atoms with Crippen LogP contribution < -0.4 is 5.32 Å². The van der Waals surface area contributed by atoms with Gasteiger partial charge in [0.1, 0.15) is 12.0 Å². The van der Waals surface area contributed by atoms with Gasteiger partial charge < -0.3 is 15.2 Å². The summed E-state index contributed by atoms with van der Waals surface area (Å²) in [6.07, 6.45) is 9.09. The van der Waals surface area contributed by atoms with Crippen LogP contribution in [0.4, 0.5) is 10.5 Å². The monoisotopic (exact) mass is 437 g/mol. The number of aromatic nitrogens is 3. The summed E-state index contributed by atoms with van der Waals surface area (Å²) in [5.41, 5.74) is 5.23. The van der Waals surface area contributed by atoms with E-state index in [0.29, 0.717) is 19.0 Å². The Bertz CT molecular complexity index is 1090. The fourth-order valence-corrected chi connectivity index (χ4v) is 4.18. The van der Waals surface area contributed by atoms with Gasteiger partial charge in [-0.25, -0.2) is 14.8 Å². The lowest BCUT2D eigenvalue weighted by Gasteiger charge is -2.26. The van der Waals surface area contributed by atoms with Gasteiger partial charge in [-0.3, -0.25) is 0 Å². The number of nitrogens with zero attached hydrogens (tertiary/aromatic N) is 3. The van der Waals surface area contributed by atoms with Crippen molar-refractivity contribution in [3.05, 3.63) is 58.6 Å². The molecule has 1 saturated carbocycles. The number of anilines is 1. The average molecular weight is 438 g/mol. The topological polar surface area (TPSA) is 73.9 Å². The van der Waals surface area contributed by atoms with Crippen LogP contribution in [0.3, 0.4) is 0 Å². The Labute approximate surface area is 171 Å². The summed E-state index contributed by atoms with van der Waals surface area (Å²) < 4.78 is 0.942. The van der Waals surface area contributed by atoms with E-state index >= 15 is 0 Å². The van der Waals surface area contributed by atoms with Crippen LogP contribution in [0, 0.1) is 0 Å². The summed E-state index contributed by atoms with van der Waals surface area (Å²) in [5, 5.41) is 4.12. The molecule has 3 heterocycles. The number of benzene rings is 1. The molecule has 0 radical (unpaired) electrons. The summed E-state index contributed by atoms with van der Waals surface area (Å²) in [5.74, 6) is 0.634. The predicted molar refractivity (Wildman–Crippen MR) is 113 cm³/mol. The fourth-order valence-electron chi connectivity index (χ4n) is 3.78. The number of aromatic amines is 1. The number of halogens is 1. The van der Waals surface area contributed by atoms with Crippen LogP contribution in [0.1, 0.15) is 36.4 Å². The highest BCUT2D eigenvalue weighted by molar-refractivity contribution is 9.10. The molecule has 2 aliphatic rings. The van der Waals surface area contributed by atoms with E-state index < -0.39 is 0 Å². The minimum Gasteiger partial charge on any atom is -0.346 e. The quantitative estimate of drug-likeness (QED) is 0.610. The van der Waals surface area contributed by atoms with Crippen molar-refractivity contribution in [2.24, 2.45) is 0 Å². The highest BCUT2D eigenvalue weighted by Gasteiger charge is 2.29. The first-order valence-electron chi connectivity index (χ1n) is 9.52. The highest BCUT2D eigenvalue weighted by atomic mass is 79.9. The molecule has 2 amide bonds. The van der Waals surface area contributed by atoms with Crippen molar-refractivity contribution >= 4 is 44.3 Å². The second kappa shape index (κ2) is 7.05. The van der Waals surface area contributed by atoms with Gasteiger partial charge in [-0.2, -0.15) is 0 Å². The molecular weight excluding hydrogens is 418 g/mol. The van der Waals surface area contributed by atoms with Crippen molar-refractivity contribution < 1.29 is 4.79 Å². The van der Waals surface area contributed by atoms with E-state index in [0.717, 1.165) is 33.3 Å². The first-order valence-corrected chi connectivity index (χ1v) is 10.3. The Morgan fingerprint density at radius 3 is 2.93 bits per heavy atom. The number of urea groups is 1. The smallest absolute Gasteiger partial charge is 0.322 e. The minimum atomic E-state index is -0.0819. The van der Waals surface area contributed by atoms with E-state index in [9.17, 15) is 4.79 Å². The van der Waals surface area contributed by atoms with Gasteiger partial charge in [0.15, 0.2) is 0 Å². The molecule has 7 heteroatoms. The van der Waals surface area contributed by atoms with Crippen LogP contribution in [0.2, 0.25) is 0 Å². The number of carbonyl (C=O) groups is 1. The standard InChI is InChI=1S/C21H20BrN5O/c22-15-2-1-3-16(10-15)26-21(28)27-8-6-14(7-9-27)19-18-17(13-4-5-13)11-23-20(18)25-12-24-19/h1-3,6,10-13H,4-5,7-9H2,(H,26,28)(H,23,24,25). The number of rotatable bonds is 3. The number of H-pyrrole nitrogens is 1. The highest BCUT2D eigenvalue weighted by Crippen LogP contribution is 2.44. The van der Waals surface area contributed by atoms with E-state index in [1.807, 2.05) is 29.2 Å². The lowest BCUT2D eigenvalue weighted by atomic mass is 9.99. The summed E-state index contributed by atoms with van der Waals surface area (Å²) in [4.78, 5) is 26.7. The van der Waals surface area contributed by atoms with E-state index in [-0.39, 0.29) is 6.03 Å². The molecule has 5 rings (SSSR count). The normalized spacial score (nSPS) is 16.9. The molecule has 0 bridgehead atoms. The third kappa shape index (κ3) is 3.30. The molecule has 1 fully saturated rings. The molecule has 0 unspecified atom stereocenters. The van der Waals surface area contributed by atoms with Gasteiger partial charge in [0, 0.05) is 34.8 Å². The van der Waals surface area contributed by atoms with Gasteiger partial charge >= 0.3 is 6.03 Å². The van der Waals surface area contributed by atoms with E-state index in [4.69, 9.17) is 0 Å². The summed E-state index contributed by atoms with van der Waals surface area (Å²) >= 11 is 3.43. The third-order valence-corrected chi connectivity index (χ3v) is 5.89. The molecule has 0 atom stereocenters. The van der Waals surface area contributed by atoms with Crippen LogP contribution in [-0.2, 0) is 0 Å². The molecule has 2 aromatic heterocycles. The molecule has 1 aliphatic heterocycles. The maximum Gasteiger partial charge on any atom is 0.322 e. The van der Waals surface area contributed by atoms with Gasteiger partial charge in [0.25, 0.3) is 0 Å². The van der Waals surface area contributed by atoms with Crippen LogP contribution >= 0.6 is 15.9 Å². The summed E-state index contributed by atoms with van der Waals surface area (Å²) in [6.45, 7) is 1.24. The molecule has 0 saturated heterocycles. The Kier molecular flexibility index (Phi) is 4.39. The Hall–Kier alpha value is -2.67. The maximum atomic E-state index is 12.6. The van der Waals surface area contributed by atoms with Crippen molar-refractivity contribution in [2.45, 2.75) is 25.2 Å². The average Bonchev–Trinajstić information content (AvgIpc) is 3.46. The van der Waals surface area contributed by atoms with E-state index in [1.54, 1.807) is 6.33 Å². The second-order valence-electron chi connectivity index (χ2n) is 7.33. The largest absolute Gasteiger partial charge is 0.346 e. The zero-order valence-electron chi connectivity index (χ0n) is 15.3. The SMILES string of the molecule is O=C(Nc1cccc(Br)c1)N1CC=C(c2ncnc3[nH]cc(C4CC4)c23)CC1. The lowest BCUT2D eigenvalue weighted by molar-refractivity contribution is 0.217. The number of amides is 2. The van der Waals surface area contributed by atoms with Crippen molar-refractivity contribution in [3.63, 3.8) is 0 Å². The maximum absolute atomic E-state index is 12.6. The van der Waals surface area contributed by atoms with Crippen LogP contribution in [-0.4, -0.2) is 39.0 Å². The molecular formula is C21H20BrN5O. The molecule has 142 valence electrons. The van der Waals surface area contributed by atoms with Crippen molar-refractivity contribution in [2.75, 3.05) is 18.4 Å². The second-order valence-corrected chi connectivity index (χ2v) is 8.25. The van der Waals surface area contributed by atoms with Crippen molar-refractivity contribution in [1.82, 2.24) is 19.9 Å². The lowest BCUT2D eigenvalue weighted by Crippen LogP contribution is -2.37. The predicted octanol–water partition coefficient (Wildman–Crippen LogP) is 4.92. The number of fused-ring (bicyclic) bond motifs is 1. The number of nitrogens with one attached hydrogen (secondary N) is 2. The first-order chi connectivity index (χ1) is 13.7. The molecule has 1 aliphatic carbocycles. The van der Waals surface area contributed by atoms with Crippen LogP contribution in [0.25, 0.3) is 16.6 Å². The zero-order chi connectivity index (χ0) is 19.1. The van der Waals surface area contributed by atoms with Gasteiger partial charge in [0.05, 0.1) is 5.69 Å². The molecule has 1 aromatic carbocycles. The number of carbonyl (C=O) groups excluding carboxylic acids is 1. The van der Waals surface area contributed by atoms with Gasteiger partial charge in [-0.15, -0.1) is 0 Å². The van der Waals surface area contributed by atoms with Gasteiger partial charge in [0.2, 0.25) is 0 Å². The number of hydrogen-bond donors (Lipinski definition) is 2.